The molecule has 0 radical (unpaired) electrons. The van der Waals surface area contributed by atoms with Gasteiger partial charge >= 0.3 is 0 Å². The van der Waals surface area contributed by atoms with E-state index in [1.807, 2.05) is 24.3 Å². The van der Waals surface area contributed by atoms with Gasteiger partial charge in [-0.1, -0.05) is 17.7 Å². The summed E-state index contributed by atoms with van der Waals surface area (Å²) in [6.45, 7) is 0.400. The quantitative estimate of drug-likeness (QED) is 0.746. The van der Waals surface area contributed by atoms with Crippen LogP contribution in [0.5, 0.6) is 0 Å². The van der Waals surface area contributed by atoms with Gasteiger partial charge in [0.1, 0.15) is 0 Å². The highest BCUT2D eigenvalue weighted by atomic mass is 35.5. The lowest BCUT2D eigenvalue weighted by atomic mass is 10.2. The van der Waals surface area contributed by atoms with Gasteiger partial charge in [0.05, 0.1) is 5.56 Å². The van der Waals surface area contributed by atoms with Crippen molar-refractivity contribution in [2.24, 2.45) is 0 Å². The fourth-order valence-corrected chi connectivity index (χ4v) is 2.09. The van der Waals surface area contributed by atoms with Crippen LogP contribution in [0.3, 0.4) is 0 Å². The molecule has 0 saturated heterocycles. The zero-order valence-corrected chi connectivity index (χ0v) is 13.4. The largest absolute Gasteiger partial charge is 0.348 e. The third kappa shape index (κ3) is 4.27. The van der Waals surface area contributed by atoms with Crippen LogP contribution in [0.2, 0.25) is 5.02 Å². The van der Waals surface area contributed by atoms with Crippen molar-refractivity contribution < 1.29 is 4.79 Å². The van der Waals surface area contributed by atoms with Crippen LogP contribution in [0.4, 0.5) is 11.6 Å². The van der Waals surface area contributed by atoms with Gasteiger partial charge in [-0.3, -0.25) is 9.78 Å². The summed E-state index contributed by atoms with van der Waals surface area (Å²) in [6, 6.07) is 10.9. The van der Waals surface area contributed by atoms with Gasteiger partial charge in [-0.15, -0.1) is 0 Å². The monoisotopic (exact) mass is 339 g/mol. The second kappa shape index (κ2) is 7.52. The summed E-state index contributed by atoms with van der Waals surface area (Å²) in [7, 11) is 0. The smallest absolute Gasteiger partial charge is 0.254 e. The van der Waals surface area contributed by atoms with Crippen molar-refractivity contribution in [3.63, 3.8) is 0 Å². The highest BCUT2D eigenvalue weighted by molar-refractivity contribution is 6.30. The van der Waals surface area contributed by atoms with E-state index >= 15 is 0 Å². The number of benzene rings is 1. The number of anilines is 2. The standard InChI is InChI=1S/C17H14ClN5O/c18-14-3-5-15(6-4-14)23-17-21-10-13(11-22-17)16(24)20-9-12-2-1-7-19-8-12/h1-8,10-11H,9H2,(H,20,24)(H,21,22,23). The van der Waals surface area contributed by atoms with E-state index in [-0.39, 0.29) is 5.91 Å². The molecule has 0 spiro atoms. The van der Waals surface area contributed by atoms with E-state index in [0.717, 1.165) is 11.3 Å². The second-order valence-corrected chi connectivity index (χ2v) is 5.41. The van der Waals surface area contributed by atoms with Crippen molar-refractivity contribution in [3.05, 3.63) is 77.3 Å². The topological polar surface area (TPSA) is 79.8 Å². The molecule has 3 rings (SSSR count). The number of halogens is 1. The zero-order valence-electron chi connectivity index (χ0n) is 12.6. The van der Waals surface area contributed by atoms with Crippen LogP contribution >= 0.6 is 11.6 Å². The molecule has 0 fully saturated rings. The summed E-state index contributed by atoms with van der Waals surface area (Å²) < 4.78 is 0. The number of carbonyl (C=O) groups is 1. The molecule has 0 atom stereocenters. The number of aromatic nitrogens is 3. The fraction of sp³-hybridized carbons (Fsp3) is 0.0588. The third-order valence-corrected chi connectivity index (χ3v) is 3.44. The van der Waals surface area contributed by atoms with Gasteiger partial charge in [-0.25, -0.2) is 9.97 Å². The maximum atomic E-state index is 12.1. The van der Waals surface area contributed by atoms with Gasteiger partial charge in [-0.2, -0.15) is 0 Å². The van der Waals surface area contributed by atoms with Gasteiger partial charge in [0, 0.05) is 42.0 Å². The molecule has 2 aromatic heterocycles. The highest BCUT2D eigenvalue weighted by Crippen LogP contribution is 2.16. The number of hydrogen-bond donors (Lipinski definition) is 2. The van der Waals surface area contributed by atoms with Gasteiger partial charge in [0.15, 0.2) is 0 Å². The minimum absolute atomic E-state index is 0.239. The Hall–Kier alpha value is -2.99. The molecular formula is C17H14ClN5O. The molecule has 3 aromatic rings. The maximum absolute atomic E-state index is 12.1. The summed E-state index contributed by atoms with van der Waals surface area (Å²) in [6.07, 6.45) is 6.34. The number of hydrogen-bond acceptors (Lipinski definition) is 5. The molecule has 0 aliphatic rings. The van der Waals surface area contributed by atoms with E-state index in [2.05, 4.69) is 25.6 Å². The molecule has 2 heterocycles. The summed E-state index contributed by atoms with van der Waals surface area (Å²) in [5.74, 6) is 0.165. The minimum Gasteiger partial charge on any atom is -0.348 e. The van der Waals surface area contributed by atoms with Gasteiger partial charge in [0.2, 0.25) is 5.95 Å². The summed E-state index contributed by atoms with van der Waals surface area (Å²) in [4.78, 5) is 24.4. The number of amides is 1. The lowest BCUT2D eigenvalue weighted by molar-refractivity contribution is 0.0950. The molecule has 120 valence electrons. The van der Waals surface area contributed by atoms with Crippen LogP contribution in [0.25, 0.3) is 0 Å². The van der Waals surface area contributed by atoms with E-state index in [0.29, 0.717) is 23.1 Å². The van der Waals surface area contributed by atoms with Crippen LogP contribution in [-0.2, 0) is 6.54 Å². The molecule has 0 unspecified atom stereocenters. The summed E-state index contributed by atoms with van der Waals surface area (Å²) >= 11 is 5.84. The van der Waals surface area contributed by atoms with Gasteiger partial charge in [-0.05, 0) is 35.9 Å². The molecule has 1 aromatic carbocycles. The predicted molar refractivity (Wildman–Crippen MR) is 92.2 cm³/mol. The molecule has 24 heavy (non-hydrogen) atoms. The Morgan fingerprint density at radius 3 is 2.46 bits per heavy atom. The van der Waals surface area contributed by atoms with Crippen LogP contribution in [0.15, 0.2) is 61.2 Å². The van der Waals surface area contributed by atoms with Crippen LogP contribution in [0, 0.1) is 0 Å². The van der Waals surface area contributed by atoms with Crippen molar-refractivity contribution >= 4 is 29.1 Å². The minimum atomic E-state index is -0.239. The van der Waals surface area contributed by atoms with Crippen molar-refractivity contribution in [1.29, 1.82) is 0 Å². The first-order valence-electron chi connectivity index (χ1n) is 7.22. The predicted octanol–water partition coefficient (Wildman–Crippen LogP) is 3.20. The molecule has 7 heteroatoms. The third-order valence-electron chi connectivity index (χ3n) is 3.19. The van der Waals surface area contributed by atoms with Gasteiger partial charge in [0.25, 0.3) is 5.91 Å². The molecule has 0 aliphatic carbocycles. The first-order chi connectivity index (χ1) is 11.7. The Balaban J connectivity index is 1.59. The lowest BCUT2D eigenvalue weighted by Gasteiger charge is -2.07. The number of nitrogens with one attached hydrogen (secondary N) is 2. The Bertz CT molecular complexity index is 807. The number of pyridine rings is 1. The number of nitrogens with zero attached hydrogens (tertiary/aromatic N) is 3. The Labute approximate surface area is 143 Å². The van der Waals surface area contributed by atoms with E-state index < -0.39 is 0 Å². The normalized spacial score (nSPS) is 10.2. The molecule has 0 aliphatic heterocycles. The molecule has 1 amide bonds. The Morgan fingerprint density at radius 2 is 1.79 bits per heavy atom. The molecular weight excluding hydrogens is 326 g/mol. The molecule has 0 bridgehead atoms. The maximum Gasteiger partial charge on any atom is 0.254 e. The average Bonchev–Trinajstić information content (AvgIpc) is 2.63. The van der Waals surface area contributed by atoms with E-state index in [4.69, 9.17) is 11.6 Å². The van der Waals surface area contributed by atoms with E-state index in [9.17, 15) is 4.79 Å². The molecule has 0 saturated carbocycles. The van der Waals surface area contributed by atoms with Crippen molar-refractivity contribution in [2.45, 2.75) is 6.54 Å². The summed E-state index contributed by atoms with van der Waals surface area (Å²) in [5.41, 5.74) is 2.13. The SMILES string of the molecule is O=C(NCc1cccnc1)c1cnc(Nc2ccc(Cl)cc2)nc1. The summed E-state index contributed by atoms with van der Waals surface area (Å²) in [5, 5.41) is 6.49. The van der Waals surface area contributed by atoms with Crippen molar-refractivity contribution in [3.8, 4) is 0 Å². The Morgan fingerprint density at radius 1 is 1.04 bits per heavy atom. The zero-order chi connectivity index (χ0) is 16.8. The van der Waals surface area contributed by atoms with Crippen LogP contribution in [0.1, 0.15) is 15.9 Å². The van der Waals surface area contributed by atoms with E-state index in [1.165, 1.54) is 12.4 Å². The first kappa shape index (κ1) is 15.9. The van der Waals surface area contributed by atoms with Gasteiger partial charge < -0.3 is 10.6 Å². The lowest BCUT2D eigenvalue weighted by Crippen LogP contribution is -2.23. The number of carbonyl (C=O) groups excluding carboxylic acids is 1. The van der Waals surface area contributed by atoms with Crippen molar-refractivity contribution in [2.75, 3.05) is 5.32 Å². The second-order valence-electron chi connectivity index (χ2n) is 4.97. The molecule has 6 nitrogen and oxygen atoms in total. The van der Waals surface area contributed by atoms with Crippen LogP contribution in [-0.4, -0.2) is 20.9 Å². The van der Waals surface area contributed by atoms with Crippen molar-refractivity contribution in [1.82, 2.24) is 20.3 Å². The van der Waals surface area contributed by atoms with Crippen LogP contribution < -0.4 is 10.6 Å². The molecule has 2 N–H and O–H groups in total. The van der Waals surface area contributed by atoms with E-state index in [1.54, 1.807) is 24.5 Å². The fourth-order valence-electron chi connectivity index (χ4n) is 1.96. The highest BCUT2D eigenvalue weighted by Gasteiger charge is 2.07. The number of rotatable bonds is 5. The first-order valence-corrected chi connectivity index (χ1v) is 7.60. The Kier molecular flexibility index (Phi) is 4.98. The average molecular weight is 340 g/mol.